The molecule has 0 spiro atoms. The Hall–Kier alpha value is -2.10. The summed E-state index contributed by atoms with van der Waals surface area (Å²) in [7, 11) is 0. The molecule has 4 rings (SSSR count). The zero-order valence-electron chi connectivity index (χ0n) is 12.0. The number of fused-ring (bicyclic) bond motifs is 2. The molecular weight excluding hydrogens is 260 g/mol. The molecule has 0 saturated heterocycles. The summed E-state index contributed by atoms with van der Waals surface area (Å²) < 4.78 is 1.85. The highest BCUT2D eigenvalue weighted by Gasteiger charge is 2.35. The molecule has 0 amide bonds. The van der Waals surface area contributed by atoms with E-state index in [4.69, 9.17) is 0 Å². The number of aromatic nitrogens is 3. The van der Waals surface area contributed by atoms with Crippen LogP contribution in [0, 0.1) is 17.8 Å². The van der Waals surface area contributed by atoms with E-state index in [1.165, 1.54) is 24.1 Å². The number of benzene rings is 1. The van der Waals surface area contributed by atoms with Gasteiger partial charge in [-0.1, -0.05) is 24.3 Å². The predicted molar refractivity (Wildman–Crippen MR) is 82.9 cm³/mol. The molecule has 1 aromatic heterocycles. The molecule has 3 atom stereocenters. The lowest BCUT2D eigenvalue weighted by Crippen LogP contribution is -2.18. The van der Waals surface area contributed by atoms with Crippen molar-refractivity contribution in [1.29, 1.82) is 0 Å². The normalized spacial score (nSPS) is 26.4. The Morgan fingerprint density at radius 2 is 2.24 bits per heavy atom. The number of rotatable bonds is 5. The van der Waals surface area contributed by atoms with Gasteiger partial charge in [0.2, 0.25) is 0 Å². The summed E-state index contributed by atoms with van der Waals surface area (Å²) in [6.45, 7) is 1.85. The average molecular weight is 280 g/mol. The molecule has 1 aromatic carbocycles. The first-order chi connectivity index (χ1) is 10.4. The Kier molecular flexibility index (Phi) is 3.22. The van der Waals surface area contributed by atoms with Crippen LogP contribution in [0.25, 0.3) is 0 Å². The van der Waals surface area contributed by atoms with Crippen LogP contribution in [0.2, 0.25) is 0 Å². The van der Waals surface area contributed by atoms with E-state index in [-0.39, 0.29) is 0 Å². The highest BCUT2D eigenvalue weighted by atomic mass is 15.3. The molecule has 1 fully saturated rings. The molecule has 1 N–H and O–H groups in total. The number of nitrogens with one attached hydrogen (secondary N) is 1. The first-order valence-corrected chi connectivity index (χ1v) is 7.70. The molecule has 3 unspecified atom stereocenters. The Morgan fingerprint density at radius 3 is 3.00 bits per heavy atom. The molecule has 2 aliphatic rings. The molecule has 1 heterocycles. The molecule has 1 saturated carbocycles. The maximum absolute atomic E-state index is 4.15. The molecular formula is C17H20N4. The quantitative estimate of drug-likeness (QED) is 0.856. The van der Waals surface area contributed by atoms with Crippen LogP contribution in [0.1, 0.15) is 18.4 Å². The van der Waals surface area contributed by atoms with Crippen molar-refractivity contribution in [1.82, 2.24) is 14.8 Å². The lowest BCUT2D eigenvalue weighted by atomic mass is 9.93. The van der Waals surface area contributed by atoms with Crippen molar-refractivity contribution < 1.29 is 0 Å². The van der Waals surface area contributed by atoms with Crippen LogP contribution in [0.3, 0.4) is 0 Å². The number of hydrogen-bond donors (Lipinski definition) is 1. The number of anilines is 1. The first-order valence-electron chi connectivity index (χ1n) is 7.70. The van der Waals surface area contributed by atoms with E-state index < -0.39 is 0 Å². The van der Waals surface area contributed by atoms with Crippen molar-refractivity contribution in [2.75, 3.05) is 11.9 Å². The van der Waals surface area contributed by atoms with Gasteiger partial charge in [-0.2, -0.15) is 5.10 Å². The second-order valence-electron chi connectivity index (χ2n) is 6.21. The second kappa shape index (κ2) is 5.35. The SMILES string of the molecule is C1=CC2CC1CC2CNc1cccc(Cn2cncn2)c1. The molecule has 21 heavy (non-hydrogen) atoms. The fraction of sp³-hybridized carbons (Fsp3) is 0.412. The first kappa shape index (κ1) is 12.6. The number of allylic oxidation sites excluding steroid dienone is 2. The van der Waals surface area contributed by atoms with E-state index in [0.717, 1.165) is 30.8 Å². The Morgan fingerprint density at radius 1 is 1.24 bits per heavy atom. The van der Waals surface area contributed by atoms with Crippen LogP contribution < -0.4 is 5.32 Å². The summed E-state index contributed by atoms with van der Waals surface area (Å²) in [5.41, 5.74) is 2.46. The van der Waals surface area contributed by atoms with E-state index in [0.29, 0.717) is 0 Å². The second-order valence-corrected chi connectivity index (χ2v) is 6.21. The van der Waals surface area contributed by atoms with Crippen molar-refractivity contribution in [3.63, 3.8) is 0 Å². The molecule has 4 nitrogen and oxygen atoms in total. The maximum atomic E-state index is 4.15. The van der Waals surface area contributed by atoms with Crippen molar-refractivity contribution in [2.45, 2.75) is 19.4 Å². The summed E-state index contributed by atoms with van der Waals surface area (Å²) in [6.07, 6.45) is 10.9. The molecule has 2 aliphatic carbocycles. The average Bonchev–Trinajstić information content (AvgIpc) is 3.23. The van der Waals surface area contributed by atoms with E-state index >= 15 is 0 Å². The molecule has 2 aromatic rings. The zero-order chi connectivity index (χ0) is 14.1. The van der Waals surface area contributed by atoms with Gasteiger partial charge in [0.25, 0.3) is 0 Å². The minimum atomic E-state index is 0.770. The summed E-state index contributed by atoms with van der Waals surface area (Å²) in [4.78, 5) is 3.98. The van der Waals surface area contributed by atoms with Gasteiger partial charge in [0.05, 0.1) is 6.54 Å². The van der Waals surface area contributed by atoms with Gasteiger partial charge in [0.1, 0.15) is 12.7 Å². The summed E-state index contributed by atoms with van der Waals surface area (Å²) in [5, 5.41) is 7.77. The molecule has 4 heteroatoms. The van der Waals surface area contributed by atoms with Crippen LogP contribution in [-0.4, -0.2) is 21.3 Å². The van der Waals surface area contributed by atoms with Gasteiger partial charge in [0, 0.05) is 12.2 Å². The van der Waals surface area contributed by atoms with Gasteiger partial charge in [-0.3, -0.25) is 0 Å². The Labute approximate surface area is 124 Å². The monoisotopic (exact) mass is 280 g/mol. The summed E-state index contributed by atoms with van der Waals surface area (Å²) >= 11 is 0. The fourth-order valence-electron chi connectivity index (χ4n) is 3.66. The van der Waals surface area contributed by atoms with Gasteiger partial charge in [0.15, 0.2) is 0 Å². The maximum Gasteiger partial charge on any atom is 0.137 e. The lowest BCUT2D eigenvalue weighted by molar-refractivity contribution is 0.472. The lowest BCUT2D eigenvalue weighted by Gasteiger charge is -2.19. The van der Waals surface area contributed by atoms with Crippen molar-refractivity contribution in [2.24, 2.45) is 17.8 Å². The summed E-state index contributed by atoms with van der Waals surface area (Å²) in [6, 6.07) is 8.60. The minimum Gasteiger partial charge on any atom is -0.385 e. The van der Waals surface area contributed by atoms with Gasteiger partial charge >= 0.3 is 0 Å². The van der Waals surface area contributed by atoms with Gasteiger partial charge in [-0.05, 0) is 48.3 Å². The van der Waals surface area contributed by atoms with Crippen molar-refractivity contribution in [3.05, 3.63) is 54.6 Å². The third kappa shape index (κ3) is 2.71. The molecule has 2 bridgehead atoms. The highest BCUT2D eigenvalue weighted by Crippen LogP contribution is 2.43. The third-order valence-electron chi connectivity index (χ3n) is 4.72. The van der Waals surface area contributed by atoms with Crippen LogP contribution in [0.15, 0.2) is 49.1 Å². The van der Waals surface area contributed by atoms with Gasteiger partial charge in [-0.15, -0.1) is 0 Å². The van der Waals surface area contributed by atoms with Gasteiger partial charge in [-0.25, -0.2) is 9.67 Å². The minimum absolute atomic E-state index is 0.770. The Bertz CT molecular complexity index is 632. The highest BCUT2D eigenvalue weighted by molar-refractivity contribution is 5.46. The van der Waals surface area contributed by atoms with Crippen molar-refractivity contribution >= 4 is 5.69 Å². The van der Waals surface area contributed by atoms with E-state index in [1.54, 1.807) is 12.7 Å². The van der Waals surface area contributed by atoms with Crippen molar-refractivity contribution in [3.8, 4) is 0 Å². The van der Waals surface area contributed by atoms with E-state index in [2.05, 4.69) is 51.8 Å². The molecule has 108 valence electrons. The largest absolute Gasteiger partial charge is 0.385 e. The smallest absolute Gasteiger partial charge is 0.137 e. The topological polar surface area (TPSA) is 42.7 Å². The standard InChI is InChI=1S/C17H20N4/c1-2-14(10-21-12-18-11-20-21)8-17(3-1)19-9-16-7-13-4-5-15(16)6-13/h1-5,8,11-13,15-16,19H,6-7,9-10H2. The summed E-state index contributed by atoms with van der Waals surface area (Å²) in [5.74, 6) is 2.46. The predicted octanol–water partition coefficient (Wildman–Crippen LogP) is 2.95. The van der Waals surface area contributed by atoms with Crippen LogP contribution in [0.5, 0.6) is 0 Å². The Balaban J connectivity index is 1.38. The number of hydrogen-bond acceptors (Lipinski definition) is 3. The molecule has 0 aliphatic heterocycles. The zero-order valence-corrected chi connectivity index (χ0v) is 12.0. The van der Waals surface area contributed by atoms with Crippen LogP contribution in [0.4, 0.5) is 5.69 Å². The van der Waals surface area contributed by atoms with Gasteiger partial charge < -0.3 is 5.32 Å². The fourth-order valence-corrected chi connectivity index (χ4v) is 3.66. The van der Waals surface area contributed by atoms with Crippen LogP contribution >= 0.6 is 0 Å². The van der Waals surface area contributed by atoms with E-state index in [1.807, 2.05) is 4.68 Å². The van der Waals surface area contributed by atoms with Crippen LogP contribution in [-0.2, 0) is 6.54 Å². The molecule has 0 radical (unpaired) electrons. The van der Waals surface area contributed by atoms with E-state index in [9.17, 15) is 0 Å². The number of nitrogens with zero attached hydrogens (tertiary/aromatic N) is 3. The third-order valence-corrected chi connectivity index (χ3v) is 4.72.